The zero-order valence-electron chi connectivity index (χ0n) is 15.6. The molecule has 7 heteroatoms. The van der Waals surface area contributed by atoms with E-state index in [1.54, 1.807) is 24.3 Å². The highest BCUT2D eigenvalue weighted by atomic mass is 16.2. The molecule has 2 N–H and O–H groups in total. The van der Waals surface area contributed by atoms with Gasteiger partial charge in [0.1, 0.15) is 11.6 Å². The van der Waals surface area contributed by atoms with Gasteiger partial charge < -0.3 is 15.5 Å². The Morgan fingerprint density at radius 1 is 1.04 bits per heavy atom. The molecule has 0 radical (unpaired) electrons. The normalized spacial score (nSPS) is 13.9. The lowest BCUT2D eigenvalue weighted by Gasteiger charge is -2.28. The number of anilines is 1. The van der Waals surface area contributed by atoms with E-state index in [0.717, 1.165) is 24.6 Å². The van der Waals surface area contributed by atoms with Crippen molar-refractivity contribution in [2.45, 2.75) is 32.7 Å². The number of piperidine rings is 1. The molecule has 1 aromatic carbocycles. The molecule has 7 nitrogen and oxygen atoms in total. The maximum atomic E-state index is 12.0. The van der Waals surface area contributed by atoms with Crippen molar-refractivity contribution in [1.82, 2.24) is 20.6 Å². The van der Waals surface area contributed by atoms with E-state index in [1.165, 1.54) is 19.3 Å². The van der Waals surface area contributed by atoms with Gasteiger partial charge in [-0.25, -0.2) is 9.97 Å². The molecule has 0 aliphatic carbocycles. The highest BCUT2D eigenvalue weighted by molar-refractivity contribution is 5.96. The fraction of sp³-hybridized carbons (Fsp3) is 0.400. The maximum Gasteiger partial charge on any atom is 0.251 e. The highest BCUT2D eigenvalue weighted by Crippen LogP contribution is 2.18. The first-order valence-corrected chi connectivity index (χ1v) is 9.31. The van der Waals surface area contributed by atoms with Crippen LogP contribution in [-0.4, -0.2) is 41.4 Å². The van der Waals surface area contributed by atoms with Crippen LogP contribution in [0.5, 0.6) is 0 Å². The number of aryl methyl sites for hydroxylation is 1. The van der Waals surface area contributed by atoms with E-state index in [2.05, 4.69) is 25.5 Å². The van der Waals surface area contributed by atoms with Crippen molar-refractivity contribution >= 4 is 17.6 Å². The molecule has 1 aromatic heterocycles. The zero-order valence-corrected chi connectivity index (χ0v) is 15.6. The lowest BCUT2D eigenvalue weighted by Crippen LogP contribution is -2.37. The Morgan fingerprint density at radius 3 is 2.52 bits per heavy atom. The number of nitrogens with one attached hydrogen (secondary N) is 2. The molecule has 2 aromatic rings. The third-order valence-electron chi connectivity index (χ3n) is 4.46. The summed E-state index contributed by atoms with van der Waals surface area (Å²) < 4.78 is 0. The number of rotatable bonds is 6. The minimum absolute atomic E-state index is 0.0848. The van der Waals surface area contributed by atoms with Crippen LogP contribution in [0, 0.1) is 6.92 Å². The molecule has 0 spiro atoms. The second kappa shape index (κ2) is 9.12. The number of nitrogens with zero attached hydrogens (tertiary/aromatic N) is 3. The summed E-state index contributed by atoms with van der Waals surface area (Å²) in [7, 11) is 0. The average Bonchev–Trinajstić information content (AvgIpc) is 2.71. The molecule has 0 saturated carbocycles. The van der Waals surface area contributed by atoms with Crippen molar-refractivity contribution < 1.29 is 9.59 Å². The summed E-state index contributed by atoms with van der Waals surface area (Å²) in [5.74, 6) is 0.955. The Labute approximate surface area is 159 Å². The quantitative estimate of drug-likeness (QED) is 0.813. The number of hydrogen-bond acceptors (Lipinski definition) is 5. The average molecular weight is 367 g/mol. The third kappa shape index (κ3) is 5.51. The Kier molecular flexibility index (Phi) is 6.35. The van der Waals surface area contributed by atoms with Gasteiger partial charge in [0.05, 0.1) is 13.1 Å². The summed E-state index contributed by atoms with van der Waals surface area (Å²) in [6.07, 6.45) is 3.62. The SMILES string of the molecule is Cc1cc(N2CCCCC2)nc(CNC(=O)CNC(=O)c2ccccc2)n1. The van der Waals surface area contributed by atoms with Gasteiger partial charge in [-0.05, 0) is 38.3 Å². The van der Waals surface area contributed by atoms with Gasteiger partial charge in [-0.3, -0.25) is 9.59 Å². The molecule has 0 bridgehead atoms. The summed E-state index contributed by atoms with van der Waals surface area (Å²) in [5, 5.41) is 5.38. The molecule has 1 saturated heterocycles. The maximum absolute atomic E-state index is 12.0. The van der Waals surface area contributed by atoms with E-state index in [9.17, 15) is 9.59 Å². The van der Waals surface area contributed by atoms with Crippen molar-refractivity contribution in [3.8, 4) is 0 Å². The van der Waals surface area contributed by atoms with Crippen molar-refractivity contribution in [2.75, 3.05) is 24.5 Å². The monoisotopic (exact) mass is 367 g/mol. The van der Waals surface area contributed by atoms with E-state index in [-0.39, 0.29) is 24.9 Å². The van der Waals surface area contributed by atoms with Gasteiger partial charge in [0, 0.05) is 30.4 Å². The van der Waals surface area contributed by atoms with Gasteiger partial charge in [-0.2, -0.15) is 0 Å². The molecule has 1 aliphatic rings. The fourth-order valence-corrected chi connectivity index (χ4v) is 3.07. The van der Waals surface area contributed by atoms with Crippen LogP contribution < -0.4 is 15.5 Å². The number of carbonyl (C=O) groups is 2. The summed E-state index contributed by atoms with van der Waals surface area (Å²) in [4.78, 5) is 35.3. The van der Waals surface area contributed by atoms with E-state index in [4.69, 9.17) is 0 Å². The van der Waals surface area contributed by atoms with Crippen LogP contribution in [0.1, 0.15) is 41.1 Å². The highest BCUT2D eigenvalue weighted by Gasteiger charge is 2.14. The molecule has 0 atom stereocenters. The number of hydrogen-bond donors (Lipinski definition) is 2. The summed E-state index contributed by atoms with van der Waals surface area (Å²) in [6, 6.07) is 10.8. The van der Waals surface area contributed by atoms with Gasteiger partial charge in [0.25, 0.3) is 5.91 Å². The fourth-order valence-electron chi connectivity index (χ4n) is 3.07. The first-order valence-electron chi connectivity index (χ1n) is 9.31. The summed E-state index contributed by atoms with van der Waals surface area (Å²) in [5.41, 5.74) is 1.41. The van der Waals surface area contributed by atoms with Crippen molar-refractivity contribution in [3.63, 3.8) is 0 Å². The molecular weight excluding hydrogens is 342 g/mol. The minimum Gasteiger partial charge on any atom is -0.357 e. The molecule has 1 fully saturated rings. The lowest BCUT2D eigenvalue weighted by molar-refractivity contribution is -0.120. The first-order chi connectivity index (χ1) is 13.1. The predicted octanol–water partition coefficient (Wildman–Crippen LogP) is 1.82. The third-order valence-corrected chi connectivity index (χ3v) is 4.46. The van der Waals surface area contributed by atoms with Crippen LogP contribution in [0.15, 0.2) is 36.4 Å². The van der Waals surface area contributed by atoms with Gasteiger partial charge in [-0.15, -0.1) is 0 Å². The Balaban J connectivity index is 1.51. The van der Waals surface area contributed by atoms with Gasteiger partial charge in [-0.1, -0.05) is 18.2 Å². The number of amides is 2. The smallest absolute Gasteiger partial charge is 0.251 e. The lowest BCUT2D eigenvalue weighted by atomic mass is 10.1. The molecule has 142 valence electrons. The van der Waals surface area contributed by atoms with Crippen LogP contribution in [0.25, 0.3) is 0 Å². The molecule has 3 rings (SSSR count). The van der Waals surface area contributed by atoms with E-state index < -0.39 is 0 Å². The summed E-state index contributed by atoms with van der Waals surface area (Å²) >= 11 is 0. The number of carbonyl (C=O) groups excluding carboxylic acids is 2. The second-order valence-electron chi connectivity index (χ2n) is 6.66. The van der Waals surface area contributed by atoms with Crippen LogP contribution in [0.2, 0.25) is 0 Å². The van der Waals surface area contributed by atoms with E-state index in [0.29, 0.717) is 11.4 Å². The molecule has 2 amide bonds. The van der Waals surface area contributed by atoms with Gasteiger partial charge in [0.2, 0.25) is 5.91 Å². The molecule has 27 heavy (non-hydrogen) atoms. The van der Waals surface area contributed by atoms with Crippen molar-refractivity contribution in [3.05, 3.63) is 53.5 Å². The molecule has 2 heterocycles. The number of aromatic nitrogens is 2. The largest absolute Gasteiger partial charge is 0.357 e. The Hall–Kier alpha value is -2.96. The topological polar surface area (TPSA) is 87.2 Å². The van der Waals surface area contributed by atoms with Crippen molar-refractivity contribution in [2.24, 2.45) is 0 Å². The summed E-state index contributed by atoms with van der Waals surface area (Å²) in [6.45, 7) is 4.10. The molecular formula is C20H25N5O2. The van der Waals surface area contributed by atoms with E-state index in [1.807, 2.05) is 19.1 Å². The van der Waals surface area contributed by atoms with Crippen LogP contribution in [0.4, 0.5) is 5.82 Å². The van der Waals surface area contributed by atoms with Crippen LogP contribution in [0.3, 0.4) is 0 Å². The first kappa shape index (κ1) is 18.8. The van der Waals surface area contributed by atoms with Gasteiger partial charge >= 0.3 is 0 Å². The zero-order chi connectivity index (χ0) is 19.1. The molecule has 1 aliphatic heterocycles. The van der Waals surface area contributed by atoms with Crippen molar-refractivity contribution in [1.29, 1.82) is 0 Å². The van der Waals surface area contributed by atoms with E-state index >= 15 is 0 Å². The second-order valence-corrected chi connectivity index (χ2v) is 6.66. The number of benzene rings is 1. The standard InChI is InChI=1S/C20H25N5O2/c1-15-12-18(25-10-6-3-7-11-25)24-17(23-15)13-21-19(26)14-22-20(27)16-8-4-2-5-9-16/h2,4-5,8-9,12H,3,6-7,10-11,13-14H2,1H3,(H,21,26)(H,22,27). The van der Waals surface area contributed by atoms with Gasteiger partial charge in [0.15, 0.2) is 0 Å². The Bertz CT molecular complexity index is 788. The van der Waals surface area contributed by atoms with Crippen LogP contribution in [-0.2, 0) is 11.3 Å². The minimum atomic E-state index is -0.274. The Morgan fingerprint density at radius 2 is 1.78 bits per heavy atom. The predicted molar refractivity (Wildman–Crippen MR) is 103 cm³/mol. The molecule has 0 unspecified atom stereocenters. The van der Waals surface area contributed by atoms with Crippen LogP contribution >= 0.6 is 0 Å².